The van der Waals surface area contributed by atoms with E-state index in [0.717, 1.165) is 17.7 Å². The number of hydrogen-bond donors (Lipinski definition) is 1. The summed E-state index contributed by atoms with van der Waals surface area (Å²) in [6.45, 7) is 2.10. The topological polar surface area (TPSA) is 52.0 Å². The summed E-state index contributed by atoms with van der Waals surface area (Å²) >= 11 is 0. The lowest BCUT2D eigenvalue weighted by molar-refractivity contribution is 0.361. The van der Waals surface area contributed by atoms with Gasteiger partial charge in [0.15, 0.2) is 5.82 Å². The van der Waals surface area contributed by atoms with Gasteiger partial charge >= 0.3 is 0 Å². The lowest BCUT2D eigenvalue weighted by atomic mass is 10.00. The highest BCUT2D eigenvalue weighted by atomic mass is 16.5. The van der Waals surface area contributed by atoms with Crippen LogP contribution in [0.2, 0.25) is 0 Å². The van der Waals surface area contributed by atoms with Gasteiger partial charge in [0.05, 0.1) is 0 Å². The zero-order chi connectivity index (χ0) is 9.26. The minimum Gasteiger partial charge on any atom is -0.381 e. The zero-order valence-electron chi connectivity index (χ0n) is 8.05. The second-order valence-corrected chi connectivity index (χ2v) is 3.75. The number of rotatable bonds is 2. The smallest absolute Gasteiger partial charge is 0.170 e. The first kappa shape index (κ1) is 8.60. The van der Waals surface area contributed by atoms with Gasteiger partial charge in [0.1, 0.15) is 5.76 Å². The minimum absolute atomic E-state index is 0.583. The summed E-state index contributed by atoms with van der Waals surface area (Å²) in [5, 5.41) is 3.83. The average molecular weight is 180 g/mol. The third-order valence-corrected chi connectivity index (χ3v) is 2.93. The molecule has 2 N–H and O–H groups in total. The van der Waals surface area contributed by atoms with E-state index in [-0.39, 0.29) is 0 Å². The number of nitrogen functional groups attached to an aromatic ring is 1. The molecule has 1 heterocycles. The molecule has 0 bridgehead atoms. The molecule has 0 spiro atoms. The molecule has 1 aliphatic rings. The fraction of sp³-hybridized carbons (Fsp3) is 0.700. The summed E-state index contributed by atoms with van der Waals surface area (Å²) in [6.07, 6.45) is 6.04. The van der Waals surface area contributed by atoms with Crippen LogP contribution in [0.4, 0.5) is 5.82 Å². The number of hydrogen-bond acceptors (Lipinski definition) is 3. The SMILES string of the molecule is CCc1c(N)noc1C1CCCC1. The van der Waals surface area contributed by atoms with Gasteiger partial charge in [0, 0.05) is 11.5 Å². The highest BCUT2D eigenvalue weighted by molar-refractivity contribution is 5.41. The molecular formula is C10H16N2O. The van der Waals surface area contributed by atoms with Crippen LogP contribution >= 0.6 is 0 Å². The van der Waals surface area contributed by atoms with Gasteiger partial charge < -0.3 is 10.3 Å². The second kappa shape index (κ2) is 3.40. The van der Waals surface area contributed by atoms with E-state index in [0.29, 0.717) is 11.7 Å². The average Bonchev–Trinajstić information content (AvgIpc) is 2.71. The molecule has 1 aromatic heterocycles. The maximum atomic E-state index is 5.71. The van der Waals surface area contributed by atoms with Crippen LogP contribution in [0.3, 0.4) is 0 Å². The van der Waals surface area contributed by atoms with Crippen molar-refractivity contribution in [2.24, 2.45) is 0 Å². The van der Waals surface area contributed by atoms with Crippen molar-refractivity contribution in [1.29, 1.82) is 0 Å². The standard InChI is InChI=1S/C10H16N2O/c1-2-8-9(13-12-10(8)11)7-5-3-4-6-7/h7H,2-6H2,1H3,(H2,11,12). The lowest BCUT2D eigenvalue weighted by Gasteiger charge is -2.05. The van der Waals surface area contributed by atoms with Gasteiger partial charge in [-0.2, -0.15) is 0 Å². The zero-order valence-corrected chi connectivity index (χ0v) is 8.05. The molecule has 13 heavy (non-hydrogen) atoms. The summed E-state index contributed by atoms with van der Waals surface area (Å²) < 4.78 is 5.30. The minimum atomic E-state index is 0.583. The Kier molecular flexibility index (Phi) is 2.25. The van der Waals surface area contributed by atoms with Gasteiger partial charge in [-0.1, -0.05) is 24.9 Å². The van der Waals surface area contributed by atoms with E-state index < -0.39 is 0 Å². The molecule has 1 aromatic rings. The third-order valence-electron chi connectivity index (χ3n) is 2.93. The van der Waals surface area contributed by atoms with Crippen molar-refractivity contribution < 1.29 is 4.52 Å². The molecule has 0 aromatic carbocycles. The molecule has 0 unspecified atom stereocenters. The summed E-state index contributed by atoms with van der Waals surface area (Å²) in [5.41, 5.74) is 6.85. The van der Waals surface area contributed by atoms with E-state index in [9.17, 15) is 0 Å². The molecule has 0 saturated heterocycles. The fourth-order valence-electron chi connectivity index (χ4n) is 2.20. The molecular weight excluding hydrogens is 164 g/mol. The molecule has 72 valence electrons. The molecule has 3 heteroatoms. The molecule has 0 atom stereocenters. The van der Waals surface area contributed by atoms with Gasteiger partial charge in [0.25, 0.3) is 0 Å². The first-order valence-electron chi connectivity index (χ1n) is 5.06. The van der Waals surface area contributed by atoms with Crippen molar-refractivity contribution in [2.75, 3.05) is 5.73 Å². The second-order valence-electron chi connectivity index (χ2n) is 3.75. The predicted octanol–water partition coefficient (Wildman–Crippen LogP) is 2.48. The number of aromatic nitrogens is 1. The number of nitrogens with two attached hydrogens (primary N) is 1. The first-order chi connectivity index (χ1) is 6.33. The molecule has 1 fully saturated rings. The van der Waals surface area contributed by atoms with Crippen molar-refractivity contribution in [3.63, 3.8) is 0 Å². The quantitative estimate of drug-likeness (QED) is 0.760. The Morgan fingerprint density at radius 1 is 1.46 bits per heavy atom. The fourth-order valence-corrected chi connectivity index (χ4v) is 2.20. The van der Waals surface area contributed by atoms with E-state index in [1.807, 2.05) is 0 Å². The number of nitrogens with zero attached hydrogens (tertiary/aromatic N) is 1. The Bertz CT molecular complexity index is 287. The largest absolute Gasteiger partial charge is 0.381 e. The molecule has 0 amide bonds. The molecule has 0 radical (unpaired) electrons. The summed E-state index contributed by atoms with van der Waals surface area (Å²) in [5.74, 6) is 2.22. The van der Waals surface area contributed by atoms with Gasteiger partial charge in [-0.15, -0.1) is 0 Å². The van der Waals surface area contributed by atoms with Crippen molar-refractivity contribution in [2.45, 2.75) is 44.9 Å². The predicted molar refractivity (Wildman–Crippen MR) is 51.5 cm³/mol. The van der Waals surface area contributed by atoms with Crippen LogP contribution < -0.4 is 5.73 Å². The van der Waals surface area contributed by atoms with Gasteiger partial charge in [0.2, 0.25) is 0 Å². The molecule has 2 rings (SSSR count). The Morgan fingerprint density at radius 3 is 2.77 bits per heavy atom. The monoisotopic (exact) mass is 180 g/mol. The van der Waals surface area contributed by atoms with E-state index in [1.165, 1.54) is 25.7 Å². The normalized spacial score (nSPS) is 18.2. The van der Waals surface area contributed by atoms with Crippen LogP contribution in [0.15, 0.2) is 4.52 Å². The van der Waals surface area contributed by atoms with Crippen molar-refractivity contribution in [3.05, 3.63) is 11.3 Å². The van der Waals surface area contributed by atoms with Crippen LogP contribution in [-0.2, 0) is 6.42 Å². The summed E-state index contributed by atoms with van der Waals surface area (Å²) in [4.78, 5) is 0. The molecule has 1 saturated carbocycles. The van der Waals surface area contributed by atoms with E-state index in [1.54, 1.807) is 0 Å². The van der Waals surface area contributed by atoms with Crippen LogP contribution in [0.1, 0.15) is 49.8 Å². The van der Waals surface area contributed by atoms with Crippen LogP contribution in [0, 0.1) is 0 Å². The maximum Gasteiger partial charge on any atom is 0.170 e. The molecule has 1 aliphatic carbocycles. The Hall–Kier alpha value is -0.990. The first-order valence-corrected chi connectivity index (χ1v) is 5.06. The third kappa shape index (κ3) is 1.43. The van der Waals surface area contributed by atoms with Crippen LogP contribution in [0.25, 0.3) is 0 Å². The van der Waals surface area contributed by atoms with E-state index in [4.69, 9.17) is 10.3 Å². The van der Waals surface area contributed by atoms with Gasteiger partial charge in [-0.25, -0.2) is 0 Å². The number of anilines is 1. The van der Waals surface area contributed by atoms with Crippen LogP contribution in [-0.4, -0.2) is 5.16 Å². The highest BCUT2D eigenvalue weighted by Gasteiger charge is 2.24. The maximum absolute atomic E-state index is 5.71. The Labute approximate surface area is 78.3 Å². The van der Waals surface area contributed by atoms with Gasteiger partial charge in [-0.3, -0.25) is 0 Å². The molecule has 0 aliphatic heterocycles. The van der Waals surface area contributed by atoms with E-state index >= 15 is 0 Å². The van der Waals surface area contributed by atoms with E-state index in [2.05, 4.69) is 12.1 Å². The van der Waals surface area contributed by atoms with Crippen molar-refractivity contribution >= 4 is 5.82 Å². The van der Waals surface area contributed by atoms with Crippen molar-refractivity contribution in [1.82, 2.24) is 5.16 Å². The van der Waals surface area contributed by atoms with Crippen LogP contribution in [0.5, 0.6) is 0 Å². The Morgan fingerprint density at radius 2 is 2.15 bits per heavy atom. The highest BCUT2D eigenvalue weighted by Crippen LogP contribution is 2.37. The summed E-state index contributed by atoms with van der Waals surface area (Å²) in [6, 6.07) is 0. The summed E-state index contributed by atoms with van der Waals surface area (Å²) in [7, 11) is 0. The molecule has 3 nitrogen and oxygen atoms in total. The van der Waals surface area contributed by atoms with Crippen molar-refractivity contribution in [3.8, 4) is 0 Å². The lowest BCUT2D eigenvalue weighted by Crippen LogP contribution is -1.96. The Balaban J connectivity index is 2.27. The van der Waals surface area contributed by atoms with Gasteiger partial charge in [-0.05, 0) is 19.3 Å².